The molecule has 0 bridgehead atoms. The van der Waals surface area contributed by atoms with Crippen LogP contribution in [0.25, 0.3) is 0 Å². The summed E-state index contributed by atoms with van der Waals surface area (Å²) < 4.78 is 18.3. The topological polar surface area (TPSA) is 48.9 Å². The quantitative estimate of drug-likeness (QED) is 0.590. The second kappa shape index (κ2) is 9.77. The van der Waals surface area contributed by atoms with Crippen LogP contribution in [-0.2, 0) is 6.54 Å². The van der Waals surface area contributed by atoms with Gasteiger partial charge >= 0.3 is 0 Å². The van der Waals surface area contributed by atoms with Crippen molar-refractivity contribution in [3.8, 4) is 5.75 Å². The molecular weight excluding hydrogens is 331 g/mol. The summed E-state index contributed by atoms with van der Waals surface area (Å²) >= 11 is 0. The van der Waals surface area contributed by atoms with Gasteiger partial charge in [-0.3, -0.25) is 4.99 Å². The fraction of sp³-hybridized carbons (Fsp3) is 0.350. The lowest BCUT2D eigenvalue weighted by molar-refractivity contribution is 0.297. The summed E-state index contributed by atoms with van der Waals surface area (Å²) in [5.74, 6) is 1.31. The molecule has 0 saturated carbocycles. The summed E-state index contributed by atoms with van der Waals surface area (Å²) in [4.78, 5) is 6.40. The Balaban J connectivity index is 1.96. The first kappa shape index (κ1) is 19.7. The molecule has 1 atom stereocenters. The molecular formula is C20H27FN4O. The number of guanidine groups is 1. The maximum atomic E-state index is 13.0. The molecule has 0 heterocycles. The van der Waals surface area contributed by atoms with Crippen LogP contribution in [0, 0.1) is 5.82 Å². The van der Waals surface area contributed by atoms with Crippen molar-refractivity contribution in [2.24, 2.45) is 4.99 Å². The van der Waals surface area contributed by atoms with Crippen molar-refractivity contribution in [3.05, 3.63) is 65.5 Å². The van der Waals surface area contributed by atoms with Gasteiger partial charge in [0.2, 0.25) is 0 Å². The average Bonchev–Trinajstić information content (AvgIpc) is 2.65. The fourth-order valence-electron chi connectivity index (χ4n) is 2.65. The van der Waals surface area contributed by atoms with Crippen molar-refractivity contribution in [1.82, 2.24) is 15.5 Å². The van der Waals surface area contributed by atoms with E-state index >= 15 is 0 Å². The highest BCUT2D eigenvalue weighted by Crippen LogP contribution is 2.22. The van der Waals surface area contributed by atoms with Gasteiger partial charge in [0, 0.05) is 20.1 Å². The summed E-state index contributed by atoms with van der Waals surface area (Å²) in [5.41, 5.74) is 2.15. The number of likely N-dealkylation sites (N-methyl/N-ethyl adjacent to an activating group) is 1. The molecule has 0 aliphatic heterocycles. The first-order valence-electron chi connectivity index (χ1n) is 8.53. The van der Waals surface area contributed by atoms with Gasteiger partial charge < -0.3 is 20.3 Å². The molecule has 0 aliphatic rings. The normalized spacial score (nSPS) is 12.8. The molecule has 0 fully saturated rings. The molecule has 0 saturated heterocycles. The van der Waals surface area contributed by atoms with Crippen LogP contribution >= 0.6 is 0 Å². The maximum absolute atomic E-state index is 13.0. The van der Waals surface area contributed by atoms with Crippen molar-refractivity contribution in [2.45, 2.75) is 12.6 Å². The maximum Gasteiger partial charge on any atom is 0.191 e. The molecule has 0 aliphatic carbocycles. The van der Waals surface area contributed by atoms with Gasteiger partial charge in [0.1, 0.15) is 11.6 Å². The van der Waals surface area contributed by atoms with Crippen LogP contribution in [0.5, 0.6) is 5.75 Å². The van der Waals surface area contributed by atoms with E-state index in [4.69, 9.17) is 4.74 Å². The SMILES string of the molecule is CN=C(NCc1ccc(F)cc1)NCC(c1cccc(OC)c1)N(C)C. The van der Waals surface area contributed by atoms with Crippen LogP contribution < -0.4 is 15.4 Å². The van der Waals surface area contributed by atoms with Gasteiger partial charge in [-0.1, -0.05) is 24.3 Å². The summed E-state index contributed by atoms with van der Waals surface area (Å²) in [7, 11) is 7.49. The lowest BCUT2D eigenvalue weighted by atomic mass is 10.1. The van der Waals surface area contributed by atoms with Gasteiger partial charge in [-0.2, -0.15) is 0 Å². The highest BCUT2D eigenvalue weighted by Gasteiger charge is 2.15. The zero-order valence-electron chi connectivity index (χ0n) is 15.8. The molecule has 0 amide bonds. The molecule has 5 nitrogen and oxygen atoms in total. The first-order valence-corrected chi connectivity index (χ1v) is 8.53. The van der Waals surface area contributed by atoms with Crippen LogP contribution in [0.2, 0.25) is 0 Å². The van der Waals surface area contributed by atoms with E-state index in [2.05, 4.69) is 26.6 Å². The molecule has 140 valence electrons. The van der Waals surface area contributed by atoms with Crippen LogP contribution in [0.1, 0.15) is 17.2 Å². The van der Waals surface area contributed by atoms with E-state index in [9.17, 15) is 4.39 Å². The van der Waals surface area contributed by atoms with Crippen molar-refractivity contribution in [3.63, 3.8) is 0 Å². The first-order chi connectivity index (χ1) is 12.5. The number of ether oxygens (including phenoxy) is 1. The number of nitrogens with zero attached hydrogens (tertiary/aromatic N) is 2. The predicted molar refractivity (Wildman–Crippen MR) is 104 cm³/mol. The van der Waals surface area contributed by atoms with Crippen LogP contribution in [-0.4, -0.2) is 45.7 Å². The van der Waals surface area contributed by atoms with Gasteiger partial charge in [0.15, 0.2) is 5.96 Å². The van der Waals surface area contributed by atoms with Crippen LogP contribution in [0.3, 0.4) is 0 Å². The Morgan fingerprint density at radius 1 is 1.15 bits per heavy atom. The summed E-state index contributed by atoms with van der Waals surface area (Å²) in [6.45, 7) is 1.26. The third kappa shape index (κ3) is 5.74. The monoisotopic (exact) mass is 358 g/mol. The minimum absolute atomic E-state index is 0.162. The van der Waals surface area contributed by atoms with Crippen molar-refractivity contribution < 1.29 is 9.13 Å². The fourth-order valence-corrected chi connectivity index (χ4v) is 2.65. The average molecular weight is 358 g/mol. The third-order valence-corrected chi connectivity index (χ3v) is 4.16. The molecule has 1 unspecified atom stereocenters. The van der Waals surface area contributed by atoms with Crippen molar-refractivity contribution >= 4 is 5.96 Å². The predicted octanol–water partition coefficient (Wildman–Crippen LogP) is 2.80. The van der Waals surface area contributed by atoms with Gasteiger partial charge in [0.25, 0.3) is 0 Å². The summed E-state index contributed by atoms with van der Waals surface area (Å²) in [6.07, 6.45) is 0. The number of methoxy groups -OCH3 is 1. The number of benzene rings is 2. The molecule has 2 rings (SSSR count). The van der Waals surface area contributed by atoms with E-state index in [0.717, 1.165) is 16.9 Å². The molecule has 26 heavy (non-hydrogen) atoms. The van der Waals surface area contributed by atoms with E-state index < -0.39 is 0 Å². The molecule has 2 aromatic rings. The van der Waals surface area contributed by atoms with Gasteiger partial charge in [0.05, 0.1) is 13.2 Å². The van der Waals surface area contributed by atoms with Crippen molar-refractivity contribution in [2.75, 3.05) is 34.8 Å². The minimum Gasteiger partial charge on any atom is -0.497 e. The van der Waals surface area contributed by atoms with Gasteiger partial charge in [-0.05, 0) is 49.5 Å². The largest absolute Gasteiger partial charge is 0.497 e. The Morgan fingerprint density at radius 3 is 2.50 bits per heavy atom. The highest BCUT2D eigenvalue weighted by atomic mass is 19.1. The van der Waals surface area contributed by atoms with Gasteiger partial charge in [-0.15, -0.1) is 0 Å². The standard InChI is InChI=1S/C20H27FN4O/c1-22-20(23-13-15-8-10-17(21)11-9-15)24-14-19(25(2)3)16-6-5-7-18(12-16)26-4/h5-12,19H,13-14H2,1-4H3,(H2,22,23,24). The summed E-state index contributed by atoms with van der Waals surface area (Å²) in [5, 5.41) is 6.60. The number of hydrogen-bond acceptors (Lipinski definition) is 3. The number of rotatable bonds is 7. The Hall–Kier alpha value is -2.60. The lowest BCUT2D eigenvalue weighted by Crippen LogP contribution is -2.41. The molecule has 2 aromatic carbocycles. The Bertz CT molecular complexity index is 716. The minimum atomic E-state index is -0.233. The lowest BCUT2D eigenvalue weighted by Gasteiger charge is -2.26. The zero-order valence-corrected chi connectivity index (χ0v) is 15.8. The van der Waals surface area contributed by atoms with E-state index in [1.165, 1.54) is 12.1 Å². The van der Waals surface area contributed by atoms with E-state index in [-0.39, 0.29) is 11.9 Å². The molecule has 0 spiro atoms. The van der Waals surface area contributed by atoms with E-state index in [1.807, 2.05) is 32.3 Å². The Kier molecular flexibility index (Phi) is 7.41. The molecule has 2 N–H and O–H groups in total. The van der Waals surface area contributed by atoms with Crippen LogP contribution in [0.4, 0.5) is 4.39 Å². The molecule has 0 aromatic heterocycles. The summed E-state index contributed by atoms with van der Waals surface area (Å²) in [6, 6.07) is 14.7. The van der Waals surface area contributed by atoms with Crippen molar-refractivity contribution in [1.29, 1.82) is 0 Å². The number of aliphatic imine (C=N–C) groups is 1. The second-order valence-corrected chi connectivity index (χ2v) is 6.19. The van der Waals surface area contributed by atoms with Crippen LogP contribution in [0.15, 0.2) is 53.5 Å². The second-order valence-electron chi connectivity index (χ2n) is 6.19. The molecule has 0 radical (unpaired) electrons. The zero-order chi connectivity index (χ0) is 18.9. The van der Waals surface area contributed by atoms with E-state index in [1.54, 1.807) is 26.3 Å². The third-order valence-electron chi connectivity index (χ3n) is 4.16. The highest BCUT2D eigenvalue weighted by molar-refractivity contribution is 5.79. The molecule has 6 heteroatoms. The van der Waals surface area contributed by atoms with Gasteiger partial charge in [-0.25, -0.2) is 4.39 Å². The number of halogens is 1. The smallest absolute Gasteiger partial charge is 0.191 e. The van der Waals surface area contributed by atoms with E-state index in [0.29, 0.717) is 19.0 Å². The number of nitrogens with one attached hydrogen (secondary N) is 2. The Morgan fingerprint density at radius 2 is 1.88 bits per heavy atom. The number of hydrogen-bond donors (Lipinski definition) is 2. The Labute approximate surface area is 154 Å².